The number of allylic oxidation sites excluding steroid dienone is 1. The Bertz CT molecular complexity index is 535. The molecule has 0 unspecified atom stereocenters. The minimum Gasteiger partial charge on any atom is -0.379 e. The fourth-order valence-corrected chi connectivity index (χ4v) is 2.52. The van der Waals surface area contributed by atoms with Gasteiger partial charge in [-0.2, -0.15) is 0 Å². The van der Waals surface area contributed by atoms with Gasteiger partial charge in [0.1, 0.15) is 11.9 Å². The molecule has 6 heteroatoms. The number of aromatic nitrogens is 2. The van der Waals surface area contributed by atoms with Crippen molar-refractivity contribution in [3.05, 3.63) is 29.9 Å². The van der Waals surface area contributed by atoms with E-state index in [9.17, 15) is 4.79 Å². The number of ether oxygens (including phenoxy) is 2. The van der Waals surface area contributed by atoms with Gasteiger partial charge in [-0.25, -0.2) is 4.98 Å². The van der Waals surface area contributed by atoms with Crippen molar-refractivity contribution in [2.75, 3.05) is 19.8 Å². The first-order valence-corrected chi connectivity index (χ1v) is 8.16. The lowest BCUT2D eigenvalue weighted by Gasteiger charge is -2.32. The Morgan fingerprint density at radius 2 is 2.39 bits per heavy atom. The molecular weight excluding hydrogens is 294 g/mol. The van der Waals surface area contributed by atoms with Crippen LogP contribution in [0, 0.1) is 6.92 Å². The third-order valence-electron chi connectivity index (χ3n) is 3.96. The van der Waals surface area contributed by atoms with Gasteiger partial charge in [0.25, 0.3) is 0 Å². The van der Waals surface area contributed by atoms with Crippen LogP contribution < -0.4 is 5.32 Å². The first kappa shape index (κ1) is 17.7. The molecule has 2 heterocycles. The third-order valence-corrected chi connectivity index (χ3v) is 3.96. The number of nitrogens with one attached hydrogen (secondary N) is 1. The largest absolute Gasteiger partial charge is 0.379 e. The van der Waals surface area contributed by atoms with Crippen molar-refractivity contribution < 1.29 is 14.3 Å². The van der Waals surface area contributed by atoms with Crippen molar-refractivity contribution in [3.63, 3.8) is 0 Å². The Hall–Kier alpha value is -1.66. The first-order chi connectivity index (χ1) is 11.1. The van der Waals surface area contributed by atoms with Crippen molar-refractivity contribution in [2.24, 2.45) is 0 Å². The number of aryl methyl sites for hydroxylation is 2. The van der Waals surface area contributed by atoms with Gasteiger partial charge in [0.2, 0.25) is 5.91 Å². The number of hydrogen-bond acceptors (Lipinski definition) is 4. The molecule has 6 nitrogen and oxygen atoms in total. The van der Waals surface area contributed by atoms with Gasteiger partial charge < -0.3 is 19.4 Å². The van der Waals surface area contributed by atoms with Gasteiger partial charge in [-0.3, -0.25) is 4.79 Å². The normalized spacial score (nSPS) is 21.0. The maximum absolute atomic E-state index is 12.2. The first-order valence-electron chi connectivity index (χ1n) is 8.16. The van der Waals surface area contributed by atoms with E-state index in [1.807, 2.05) is 37.6 Å². The van der Waals surface area contributed by atoms with Crippen molar-refractivity contribution in [2.45, 2.75) is 52.3 Å². The molecule has 1 fully saturated rings. The highest BCUT2D eigenvalue weighted by Crippen LogP contribution is 2.12. The van der Waals surface area contributed by atoms with Crippen molar-refractivity contribution >= 4 is 5.91 Å². The van der Waals surface area contributed by atoms with E-state index in [4.69, 9.17) is 9.47 Å². The Balaban J connectivity index is 1.79. The van der Waals surface area contributed by atoms with Crippen LogP contribution >= 0.6 is 0 Å². The second-order valence-corrected chi connectivity index (χ2v) is 6.11. The number of imidazole rings is 1. The number of amides is 1. The average molecular weight is 321 g/mol. The number of hydrogen-bond donors (Lipinski definition) is 1. The van der Waals surface area contributed by atoms with Gasteiger partial charge >= 0.3 is 0 Å². The zero-order valence-corrected chi connectivity index (χ0v) is 14.2. The summed E-state index contributed by atoms with van der Waals surface area (Å²) in [6.07, 6.45) is 6.82. The minimum atomic E-state index is -0.0849. The second-order valence-electron chi connectivity index (χ2n) is 6.11. The van der Waals surface area contributed by atoms with Gasteiger partial charge in [-0.05, 0) is 27.2 Å². The number of nitrogens with zero attached hydrogens (tertiary/aromatic N) is 2. The Morgan fingerprint density at radius 3 is 3.09 bits per heavy atom. The van der Waals surface area contributed by atoms with Crippen molar-refractivity contribution in [3.8, 4) is 0 Å². The minimum absolute atomic E-state index is 0.0192. The molecule has 23 heavy (non-hydrogen) atoms. The van der Waals surface area contributed by atoms with Gasteiger partial charge in [0, 0.05) is 32.0 Å². The Morgan fingerprint density at radius 1 is 1.57 bits per heavy atom. The molecule has 0 bridgehead atoms. The van der Waals surface area contributed by atoms with E-state index in [2.05, 4.69) is 10.3 Å². The van der Waals surface area contributed by atoms with Gasteiger partial charge in [0.15, 0.2) is 0 Å². The SMILES string of the molecule is CC(C)=CCO[C@@H]1COCC[C@H]1NC(=O)CCn1ccnc1C. The summed E-state index contributed by atoms with van der Waals surface area (Å²) in [5, 5.41) is 3.09. The van der Waals surface area contributed by atoms with Crippen LogP contribution in [0.25, 0.3) is 0 Å². The van der Waals surface area contributed by atoms with Crippen LogP contribution in [-0.4, -0.2) is 47.4 Å². The molecule has 1 N–H and O–H groups in total. The maximum atomic E-state index is 12.2. The molecule has 0 saturated carbocycles. The molecule has 0 spiro atoms. The number of rotatable bonds is 7. The summed E-state index contributed by atoms with van der Waals surface area (Å²) in [5.41, 5.74) is 1.22. The highest BCUT2D eigenvalue weighted by molar-refractivity contribution is 5.76. The summed E-state index contributed by atoms with van der Waals surface area (Å²) in [5.74, 6) is 0.965. The monoisotopic (exact) mass is 321 g/mol. The van der Waals surface area contributed by atoms with Gasteiger partial charge in [0.05, 0.1) is 19.3 Å². The predicted molar refractivity (Wildman–Crippen MR) is 88.1 cm³/mol. The zero-order chi connectivity index (χ0) is 16.7. The van der Waals surface area contributed by atoms with Gasteiger partial charge in [-0.1, -0.05) is 11.6 Å². The lowest BCUT2D eigenvalue weighted by molar-refractivity contribution is -0.125. The quantitative estimate of drug-likeness (QED) is 0.778. The van der Waals surface area contributed by atoms with Crippen LogP contribution in [0.4, 0.5) is 0 Å². The summed E-state index contributed by atoms with van der Waals surface area (Å²) >= 11 is 0. The standard InChI is InChI=1S/C17H27N3O3/c1-13(2)5-11-23-16-12-22-10-6-15(16)19-17(21)4-8-20-9-7-18-14(20)3/h5,7,9,15-16H,4,6,8,10-12H2,1-3H3,(H,19,21)/t15-,16-/m1/s1. The lowest BCUT2D eigenvalue weighted by Crippen LogP contribution is -2.50. The lowest BCUT2D eigenvalue weighted by atomic mass is 10.1. The number of carbonyl (C=O) groups is 1. The van der Waals surface area contributed by atoms with E-state index >= 15 is 0 Å². The summed E-state index contributed by atoms with van der Waals surface area (Å²) in [7, 11) is 0. The van der Waals surface area contributed by atoms with Crippen molar-refractivity contribution in [1.82, 2.24) is 14.9 Å². The van der Waals surface area contributed by atoms with Crippen LogP contribution in [0.1, 0.15) is 32.5 Å². The van der Waals surface area contributed by atoms with Crippen molar-refractivity contribution in [1.29, 1.82) is 0 Å². The predicted octanol–water partition coefficient (Wildman–Crippen LogP) is 1.84. The number of carbonyl (C=O) groups excluding carboxylic acids is 1. The molecule has 2 rings (SSSR count). The molecule has 1 saturated heterocycles. The molecule has 128 valence electrons. The van der Waals surface area contributed by atoms with Crippen LogP contribution in [-0.2, 0) is 20.8 Å². The molecular formula is C17H27N3O3. The highest BCUT2D eigenvalue weighted by atomic mass is 16.5. The summed E-state index contributed by atoms with van der Waals surface area (Å²) in [4.78, 5) is 16.4. The molecule has 1 aliphatic rings. The smallest absolute Gasteiger partial charge is 0.222 e. The van der Waals surface area contributed by atoms with Crippen LogP contribution in [0.5, 0.6) is 0 Å². The molecule has 1 aromatic rings. The fraction of sp³-hybridized carbons (Fsp3) is 0.647. The van der Waals surface area contributed by atoms with E-state index in [1.165, 1.54) is 5.57 Å². The second kappa shape index (κ2) is 8.84. The molecule has 0 radical (unpaired) electrons. The highest BCUT2D eigenvalue weighted by Gasteiger charge is 2.27. The molecule has 1 aromatic heterocycles. The molecule has 0 aromatic carbocycles. The molecule has 1 aliphatic heterocycles. The Labute approximate surface area is 137 Å². The fourth-order valence-electron chi connectivity index (χ4n) is 2.52. The van der Waals surface area contributed by atoms with E-state index in [-0.39, 0.29) is 18.1 Å². The summed E-state index contributed by atoms with van der Waals surface area (Å²) in [6, 6.07) is 0.0192. The third kappa shape index (κ3) is 5.80. The summed E-state index contributed by atoms with van der Waals surface area (Å²) in [6.45, 7) is 8.40. The summed E-state index contributed by atoms with van der Waals surface area (Å²) < 4.78 is 13.3. The molecule has 2 atom stereocenters. The molecule has 1 amide bonds. The Kier molecular flexibility index (Phi) is 6.80. The van der Waals surface area contributed by atoms with Gasteiger partial charge in [-0.15, -0.1) is 0 Å². The zero-order valence-electron chi connectivity index (χ0n) is 14.2. The van der Waals surface area contributed by atoms with Crippen LogP contribution in [0.15, 0.2) is 24.0 Å². The average Bonchev–Trinajstić information content (AvgIpc) is 2.92. The van der Waals surface area contributed by atoms with E-state index in [0.717, 1.165) is 12.2 Å². The molecule has 0 aliphatic carbocycles. The van der Waals surface area contributed by atoms with E-state index in [0.29, 0.717) is 32.8 Å². The van der Waals surface area contributed by atoms with E-state index < -0.39 is 0 Å². The topological polar surface area (TPSA) is 65.4 Å². The van der Waals surface area contributed by atoms with Crippen LogP contribution in [0.3, 0.4) is 0 Å². The maximum Gasteiger partial charge on any atom is 0.222 e. The van der Waals surface area contributed by atoms with E-state index in [1.54, 1.807) is 6.20 Å². The van der Waals surface area contributed by atoms with Crippen LogP contribution in [0.2, 0.25) is 0 Å².